The molecule has 3 rings (SSSR count). The summed E-state index contributed by atoms with van der Waals surface area (Å²) in [7, 11) is 0. The molecule has 0 aliphatic carbocycles. The van der Waals surface area contributed by atoms with Crippen LogP contribution in [0.1, 0.15) is 40.7 Å². The van der Waals surface area contributed by atoms with Crippen LogP contribution in [-0.2, 0) is 6.61 Å². The SMILES string of the molecule is CCCOc1ccccc1NC(=O)c1ccc(OCc2c(C)noc2C)cc1. The third kappa shape index (κ3) is 4.71. The number of hydrogen-bond acceptors (Lipinski definition) is 5. The van der Waals surface area contributed by atoms with Gasteiger partial charge in [-0.15, -0.1) is 0 Å². The Labute approximate surface area is 164 Å². The van der Waals surface area contributed by atoms with E-state index in [1.807, 2.05) is 45.0 Å². The Balaban J connectivity index is 1.63. The van der Waals surface area contributed by atoms with Crippen molar-refractivity contribution in [3.63, 3.8) is 0 Å². The first-order chi connectivity index (χ1) is 13.6. The molecule has 1 aromatic heterocycles. The third-order valence-corrected chi connectivity index (χ3v) is 4.28. The number of benzene rings is 2. The second-order valence-corrected chi connectivity index (χ2v) is 6.41. The molecule has 0 bridgehead atoms. The topological polar surface area (TPSA) is 73.6 Å². The van der Waals surface area contributed by atoms with Gasteiger partial charge in [-0.2, -0.15) is 0 Å². The molecule has 1 N–H and O–H groups in total. The van der Waals surface area contributed by atoms with E-state index >= 15 is 0 Å². The van der Waals surface area contributed by atoms with Crippen LogP contribution in [-0.4, -0.2) is 17.7 Å². The third-order valence-electron chi connectivity index (χ3n) is 4.28. The van der Waals surface area contributed by atoms with Gasteiger partial charge in [-0.3, -0.25) is 4.79 Å². The normalized spacial score (nSPS) is 10.5. The number of carbonyl (C=O) groups is 1. The number of aryl methyl sites for hydroxylation is 2. The van der Waals surface area contributed by atoms with Crippen LogP contribution in [0.5, 0.6) is 11.5 Å². The molecule has 0 spiro atoms. The van der Waals surface area contributed by atoms with Crippen LogP contribution in [0.2, 0.25) is 0 Å². The molecule has 0 aliphatic heterocycles. The van der Waals surface area contributed by atoms with E-state index < -0.39 is 0 Å². The average molecular weight is 380 g/mol. The summed E-state index contributed by atoms with van der Waals surface area (Å²) in [5, 5.41) is 6.81. The summed E-state index contributed by atoms with van der Waals surface area (Å²) >= 11 is 0. The first-order valence-corrected chi connectivity index (χ1v) is 9.26. The molecule has 0 saturated heterocycles. The summed E-state index contributed by atoms with van der Waals surface area (Å²) in [5.74, 6) is 1.88. The molecule has 0 fully saturated rings. The molecule has 6 nitrogen and oxygen atoms in total. The largest absolute Gasteiger partial charge is 0.491 e. The minimum absolute atomic E-state index is 0.204. The number of nitrogens with one attached hydrogen (secondary N) is 1. The fourth-order valence-electron chi connectivity index (χ4n) is 2.67. The van der Waals surface area contributed by atoms with Gasteiger partial charge in [-0.25, -0.2) is 0 Å². The van der Waals surface area contributed by atoms with Gasteiger partial charge in [0, 0.05) is 5.56 Å². The maximum atomic E-state index is 12.6. The lowest BCUT2D eigenvalue weighted by Crippen LogP contribution is -2.13. The summed E-state index contributed by atoms with van der Waals surface area (Å²) in [4.78, 5) is 12.6. The van der Waals surface area contributed by atoms with Gasteiger partial charge in [-0.1, -0.05) is 24.2 Å². The maximum Gasteiger partial charge on any atom is 0.255 e. The molecule has 0 unspecified atom stereocenters. The lowest BCUT2D eigenvalue weighted by Gasteiger charge is -2.12. The molecular weight excluding hydrogens is 356 g/mol. The Morgan fingerprint density at radius 1 is 1.07 bits per heavy atom. The van der Waals surface area contributed by atoms with Gasteiger partial charge in [-0.05, 0) is 56.7 Å². The van der Waals surface area contributed by atoms with Crippen molar-refractivity contribution < 1.29 is 18.8 Å². The van der Waals surface area contributed by atoms with Crippen LogP contribution in [0.25, 0.3) is 0 Å². The summed E-state index contributed by atoms with van der Waals surface area (Å²) in [6.07, 6.45) is 0.900. The molecule has 0 radical (unpaired) electrons. The van der Waals surface area contributed by atoms with Gasteiger partial charge < -0.3 is 19.3 Å². The molecular formula is C22H24N2O4. The highest BCUT2D eigenvalue weighted by atomic mass is 16.5. The zero-order chi connectivity index (χ0) is 19.9. The van der Waals surface area contributed by atoms with Crippen molar-refractivity contribution in [2.24, 2.45) is 0 Å². The van der Waals surface area contributed by atoms with Crippen LogP contribution in [0.4, 0.5) is 5.69 Å². The van der Waals surface area contributed by atoms with Crippen molar-refractivity contribution in [3.05, 3.63) is 71.1 Å². The number of ether oxygens (including phenoxy) is 2. The molecule has 6 heteroatoms. The predicted octanol–water partition coefficient (Wildman–Crippen LogP) is 4.91. The van der Waals surface area contributed by atoms with Gasteiger partial charge in [0.15, 0.2) is 0 Å². The summed E-state index contributed by atoms with van der Waals surface area (Å²) in [6, 6.07) is 14.4. The van der Waals surface area contributed by atoms with Gasteiger partial charge in [0.05, 0.1) is 23.6 Å². The highest BCUT2D eigenvalue weighted by Crippen LogP contribution is 2.25. The fraction of sp³-hybridized carbons (Fsp3) is 0.273. The number of anilines is 1. The van der Waals surface area contributed by atoms with E-state index in [4.69, 9.17) is 14.0 Å². The van der Waals surface area contributed by atoms with Crippen LogP contribution in [0, 0.1) is 13.8 Å². The Hall–Kier alpha value is -3.28. The molecule has 0 saturated carbocycles. The lowest BCUT2D eigenvalue weighted by atomic mass is 10.2. The van der Waals surface area contributed by atoms with Crippen molar-refractivity contribution >= 4 is 11.6 Å². The van der Waals surface area contributed by atoms with E-state index in [0.717, 1.165) is 23.4 Å². The molecule has 146 valence electrons. The summed E-state index contributed by atoms with van der Waals surface area (Å²) in [5.41, 5.74) is 2.94. The Bertz CT molecular complexity index is 912. The summed E-state index contributed by atoms with van der Waals surface area (Å²) < 4.78 is 16.6. The number of para-hydroxylation sites is 2. The Morgan fingerprint density at radius 3 is 2.50 bits per heavy atom. The van der Waals surface area contributed by atoms with E-state index in [1.54, 1.807) is 24.3 Å². The lowest BCUT2D eigenvalue weighted by molar-refractivity contribution is 0.102. The van der Waals surface area contributed by atoms with Crippen molar-refractivity contribution in [2.45, 2.75) is 33.8 Å². The van der Waals surface area contributed by atoms with Crippen LogP contribution in [0.3, 0.4) is 0 Å². The molecule has 0 atom stereocenters. The zero-order valence-electron chi connectivity index (χ0n) is 16.3. The van der Waals surface area contributed by atoms with Crippen molar-refractivity contribution in [1.29, 1.82) is 0 Å². The fourth-order valence-corrected chi connectivity index (χ4v) is 2.67. The van der Waals surface area contributed by atoms with E-state index in [0.29, 0.717) is 36.0 Å². The van der Waals surface area contributed by atoms with E-state index in [-0.39, 0.29) is 5.91 Å². The molecule has 3 aromatic rings. The number of aromatic nitrogens is 1. The van der Waals surface area contributed by atoms with Gasteiger partial charge in [0.1, 0.15) is 23.9 Å². The minimum atomic E-state index is -0.204. The van der Waals surface area contributed by atoms with Crippen LogP contribution < -0.4 is 14.8 Å². The molecule has 0 aliphatic rings. The highest BCUT2D eigenvalue weighted by molar-refractivity contribution is 6.05. The monoisotopic (exact) mass is 380 g/mol. The number of amides is 1. The van der Waals surface area contributed by atoms with E-state index in [1.165, 1.54) is 0 Å². The first kappa shape index (κ1) is 19.5. The van der Waals surface area contributed by atoms with E-state index in [9.17, 15) is 4.79 Å². The van der Waals surface area contributed by atoms with Crippen LogP contribution >= 0.6 is 0 Å². The smallest absolute Gasteiger partial charge is 0.255 e. The quantitative estimate of drug-likeness (QED) is 0.601. The number of carbonyl (C=O) groups excluding carboxylic acids is 1. The predicted molar refractivity (Wildman–Crippen MR) is 107 cm³/mol. The van der Waals surface area contributed by atoms with Crippen molar-refractivity contribution in [2.75, 3.05) is 11.9 Å². The zero-order valence-corrected chi connectivity index (χ0v) is 16.3. The summed E-state index contributed by atoms with van der Waals surface area (Å²) in [6.45, 7) is 6.74. The molecule has 1 heterocycles. The number of hydrogen-bond donors (Lipinski definition) is 1. The molecule has 2 aromatic carbocycles. The standard InChI is InChI=1S/C22H24N2O4/c1-4-13-26-21-8-6-5-7-20(21)23-22(25)17-9-11-18(12-10-17)27-14-19-15(2)24-28-16(19)3/h5-12H,4,13-14H2,1-3H3,(H,23,25). The van der Waals surface area contributed by atoms with Crippen molar-refractivity contribution in [1.82, 2.24) is 5.16 Å². The van der Waals surface area contributed by atoms with Gasteiger partial charge >= 0.3 is 0 Å². The highest BCUT2D eigenvalue weighted by Gasteiger charge is 2.12. The van der Waals surface area contributed by atoms with Gasteiger partial charge in [0.2, 0.25) is 0 Å². The number of rotatable bonds is 8. The molecule has 28 heavy (non-hydrogen) atoms. The minimum Gasteiger partial charge on any atom is -0.491 e. The molecule has 1 amide bonds. The second-order valence-electron chi connectivity index (χ2n) is 6.41. The van der Waals surface area contributed by atoms with Crippen LogP contribution in [0.15, 0.2) is 53.1 Å². The second kappa shape index (κ2) is 9.08. The average Bonchev–Trinajstić information content (AvgIpc) is 3.03. The Morgan fingerprint density at radius 2 is 1.82 bits per heavy atom. The van der Waals surface area contributed by atoms with Gasteiger partial charge in [0.25, 0.3) is 5.91 Å². The first-order valence-electron chi connectivity index (χ1n) is 9.26. The number of nitrogens with zero attached hydrogens (tertiary/aromatic N) is 1. The maximum absolute atomic E-state index is 12.6. The Kier molecular flexibility index (Phi) is 6.32. The van der Waals surface area contributed by atoms with Crippen molar-refractivity contribution in [3.8, 4) is 11.5 Å². The van der Waals surface area contributed by atoms with E-state index in [2.05, 4.69) is 10.5 Å².